The average molecular weight is 680 g/mol. The van der Waals surface area contributed by atoms with Crippen molar-refractivity contribution in [1.82, 2.24) is 0 Å². The third-order valence-corrected chi connectivity index (χ3v) is 12.0. The topological polar surface area (TPSA) is 180 Å². The molecule has 8 N–H and O–H groups in total. The van der Waals surface area contributed by atoms with Crippen LogP contribution in [0.3, 0.4) is 0 Å². The Hall–Kier alpha value is -5.01. The predicted octanol–water partition coefficient (Wildman–Crippen LogP) is 5.08. The summed E-state index contributed by atoms with van der Waals surface area (Å²) in [6.07, 6.45) is -0.289. The van der Waals surface area contributed by atoms with E-state index in [1.54, 1.807) is 77.7 Å². The van der Waals surface area contributed by atoms with Gasteiger partial charge in [-0.25, -0.2) is 0 Å². The fraction of sp³-hybridized carbons (Fsp3) is 0.270. The van der Waals surface area contributed by atoms with Crippen LogP contribution in [0.4, 0.5) is 28.4 Å². The molecule has 1 fully saturated rings. The number of aliphatic hydroxyl groups is 1. The molecular formula is C37H41N5O6Si. The number of hydrogen-bond acceptors (Lipinski definition) is 8. The van der Waals surface area contributed by atoms with Gasteiger partial charge in [0.05, 0.1) is 18.3 Å². The van der Waals surface area contributed by atoms with E-state index in [4.69, 9.17) is 16.2 Å². The van der Waals surface area contributed by atoms with E-state index in [2.05, 4.69) is 10.6 Å². The maximum atomic E-state index is 14.8. The second-order valence-electron chi connectivity index (χ2n) is 13.3. The number of nitrogen functional groups attached to an aromatic ring is 2. The fourth-order valence-electron chi connectivity index (χ4n) is 7.31. The van der Waals surface area contributed by atoms with Gasteiger partial charge >= 0.3 is 0 Å². The maximum absolute atomic E-state index is 14.8. The molecule has 1 saturated heterocycles. The van der Waals surface area contributed by atoms with Gasteiger partial charge in [0.25, 0.3) is 17.7 Å². The highest BCUT2D eigenvalue weighted by Gasteiger charge is 2.66. The number of carbonyl (C=O) groups is 3. The van der Waals surface area contributed by atoms with E-state index in [-0.39, 0.29) is 42.8 Å². The van der Waals surface area contributed by atoms with Crippen molar-refractivity contribution in [2.45, 2.75) is 50.2 Å². The van der Waals surface area contributed by atoms with Gasteiger partial charge in [0, 0.05) is 57.5 Å². The molecule has 3 amide bonds. The first-order valence-corrected chi connectivity index (χ1v) is 19.2. The largest absolute Gasteiger partial charge is 0.432 e. The molecule has 11 nitrogen and oxygen atoms in total. The summed E-state index contributed by atoms with van der Waals surface area (Å²) in [4.78, 5) is 53.9. The third-order valence-electron chi connectivity index (χ3n) is 9.53. The number of rotatable bonds is 9. The Bertz CT molecular complexity index is 1890. The lowest BCUT2D eigenvalue weighted by atomic mass is 9.82. The van der Waals surface area contributed by atoms with Gasteiger partial charge in [-0.3, -0.25) is 14.4 Å². The van der Waals surface area contributed by atoms with Crippen molar-refractivity contribution in [1.29, 1.82) is 0 Å². The molecule has 0 unspecified atom stereocenters. The fourth-order valence-corrected chi connectivity index (χ4v) is 9.92. The van der Waals surface area contributed by atoms with Crippen molar-refractivity contribution < 1.29 is 29.0 Å². The van der Waals surface area contributed by atoms with Crippen molar-refractivity contribution in [3.8, 4) is 0 Å². The number of aliphatic hydroxyl groups excluding tert-OH is 1. The lowest BCUT2D eigenvalue weighted by molar-refractivity contribution is -0.146. The summed E-state index contributed by atoms with van der Waals surface area (Å²) < 4.78 is 6.73. The number of benzene rings is 4. The second kappa shape index (κ2) is 13.1. The van der Waals surface area contributed by atoms with Crippen LogP contribution in [-0.2, 0) is 21.7 Å². The van der Waals surface area contributed by atoms with Gasteiger partial charge in [-0.2, -0.15) is 0 Å². The molecule has 2 aliphatic rings. The molecule has 6 rings (SSSR count). The van der Waals surface area contributed by atoms with Crippen LogP contribution >= 0.6 is 0 Å². The second-order valence-corrected chi connectivity index (χ2v) is 17.3. The van der Waals surface area contributed by atoms with Crippen LogP contribution in [0, 0.1) is 5.92 Å². The Morgan fingerprint density at radius 2 is 1.45 bits per heavy atom. The highest BCUT2D eigenvalue weighted by atomic mass is 28.4. The summed E-state index contributed by atoms with van der Waals surface area (Å²) in [5, 5.41) is 15.8. The molecule has 254 valence electrons. The minimum Gasteiger partial charge on any atom is -0.432 e. The highest BCUT2D eigenvalue weighted by molar-refractivity contribution is 6.71. The van der Waals surface area contributed by atoms with Crippen molar-refractivity contribution >= 4 is 54.5 Å². The zero-order valence-corrected chi connectivity index (χ0v) is 28.6. The molecule has 4 atom stereocenters. The SMILES string of the molecule is C[C@H]1[C@H]([Si](C)(C)O)[C@@H](CCO)O[C@]12C(=O)N(Cc1cccc(NC(=O)c3ccc(N)cc3)c1)c1ccc(NC(=O)c3ccc(N)cc3)cc12. The van der Waals surface area contributed by atoms with Gasteiger partial charge in [0.2, 0.25) is 0 Å². The molecule has 49 heavy (non-hydrogen) atoms. The van der Waals surface area contributed by atoms with Crippen molar-refractivity contribution in [3.63, 3.8) is 0 Å². The van der Waals surface area contributed by atoms with E-state index < -0.39 is 25.9 Å². The Balaban J connectivity index is 1.36. The smallest absolute Gasteiger partial charge is 0.264 e. The van der Waals surface area contributed by atoms with Gasteiger partial charge in [-0.15, -0.1) is 0 Å². The first-order valence-electron chi connectivity index (χ1n) is 16.2. The van der Waals surface area contributed by atoms with Gasteiger partial charge in [0.15, 0.2) is 13.9 Å². The quantitative estimate of drug-likeness (QED) is 0.105. The van der Waals surface area contributed by atoms with Gasteiger partial charge in [-0.05, 0) is 104 Å². The summed E-state index contributed by atoms with van der Waals surface area (Å²) in [6.45, 7) is 5.58. The number of ether oxygens (including phenoxy) is 1. The number of nitrogens with one attached hydrogen (secondary N) is 2. The van der Waals surface area contributed by atoms with Crippen molar-refractivity contribution in [3.05, 3.63) is 113 Å². The molecule has 0 bridgehead atoms. The van der Waals surface area contributed by atoms with E-state index in [0.717, 1.165) is 5.56 Å². The van der Waals surface area contributed by atoms with E-state index in [1.807, 2.05) is 38.2 Å². The lowest BCUT2D eigenvalue weighted by Crippen LogP contribution is -2.46. The van der Waals surface area contributed by atoms with Crippen LogP contribution in [0.2, 0.25) is 18.6 Å². The molecule has 4 aromatic rings. The highest BCUT2D eigenvalue weighted by Crippen LogP contribution is 2.60. The van der Waals surface area contributed by atoms with Gasteiger partial charge < -0.3 is 41.6 Å². The summed E-state index contributed by atoms with van der Waals surface area (Å²) in [7, 11) is -2.91. The molecule has 1 spiro atoms. The molecule has 4 aromatic carbocycles. The molecule has 12 heteroatoms. The van der Waals surface area contributed by atoms with Crippen LogP contribution in [0.1, 0.15) is 45.2 Å². The first kappa shape index (κ1) is 33.9. The zero-order chi connectivity index (χ0) is 35.1. The van der Waals surface area contributed by atoms with Crippen LogP contribution in [0.5, 0.6) is 0 Å². The maximum Gasteiger partial charge on any atom is 0.264 e. The minimum atomic E-state index is -2.91. The number of fused-ring (bicyclic) bond motifs is 2. The number of hydrogen-bond donors (Lipinski definition) is 6. The van der Waals surface area contributed by atoms with Gasteiger partial charge in [-0.1, -0.05) is 19.1 Å². The normalized spacial score (nSPS) is 21.5. The summed E-state index contributed by atoms with van der Waals surface area (Å²) in [6, 6.07) is 25.8. The van der Waals surface area contributed by atoms with Crippen molar-refractivity contribution in [2.24, 2.45) is 5.92 Å². The summed E-state index contributed by atoms with van der Waals surface area (Å²) in [5.74, 6) is -1.37. The minimum absolute atomic E-state index is 0.161. The lowest BCUT2D eigenvalue weighted by Gasteiger charge is -2.32. The number of nitrogens with two attached hydrogens (primary N) is 2. The molecule has 2 aliphatic heterocycles. The third kappa shape index (κ3) is 6.43. The Labute approximate surface area is 286 Å². The number of anilines is 5. The molecule has 2 heterocycles. The van der Waals surface area contributed by atoms with Crippen LogP contribution < -0.4 is 27.0 Å². The van der Waals surface area contributed by atoms with Crippen LogP contribution in [0.25, 0.3) is 0 Å². The standard InChI is InChI=1S/C37H41N5O6Si/c1-22-33(49(2,3)47)32(17-18-43)48-37(22)30-20-29(41-35(45)25-9-13-27(39)14-10-25)15-16-31(30)42(36(37)46)21-23-5-4-6-28(19-23)40-34(44)24-7-11-26(38)12-8-24/h4-16,19-20,22,32-33,43,47H,17-18,21,38-39H2,1-3H3,(H,40,44)(H,41,45)/t22-,32+,33-,37+/m0/s1. The zero-order valence-electron chi connectivity index (χ0n) is 27.6. The van der Waals surface area contributed by atoms with E-state index >= 15 is 0 Å². The number of nitrogens with zero attached hydrogens (tertiary/aromatic N) is 1. The Kier molecular flexibility index (Phi) is 9.07. The molecule has 0 aliphatic carbocycles. The van der Waals surface area contributed by atoms with Gasteiger partial charge in [0.1, 0.15) is 0 Å². The number of amides is 3. The van der Waals surface area contributed by atoms with E-state index in [9.17, 15) is 24.3 Å². The Morgan fingerprint density at radius 1 is 0.878 bits per heavy atom. The van der Waals surface area contributed by atoms with Crippen LogP contribution in [-0.4, -0.2) is 48.7 Å². The number of carbonyl (C=O) groups excluding carboxylic acids is 3. The molecule has 0 saturated carbocycles. The van der Waals surface area contributed by atoms with E-state index in [1.165, 1.54) is 0 Å². The van der Waals surface area contributed by atoms with E-state index in [0.29, 0.717) is 45.1 Å². The molecular weight excluding hydrogens is 639 g/mol. The summed E-state index contributed by atoms with van der Waals surface area (Å²) in [5.41, 5.74) is 14.7. The Morgan fingerprint density at radius 3 is 2.00 bits per heavy atom. The van der Waals surface area contributed by atoms with Crippen LogP contribution in [0.15, 0.2) is 91.0 Å². The molecule has 0 radical (unpaired) electrons. The summed E-state index contributed by atoms with van der Waals surface area (Å²) >= 11 is 0. The monoisotopic (exact) mass is 679 g/mol. The molecule has 0 aromatic heterocycles. The first-order chi connectivity index (χ1) is 23.3. The average Bonchev–Trinajstić information content (AvgIpc) is 3.48. The predicted molar refractivity (Wildman–Crippen MR) is 193 cm³/mol. The van der Waals surface area contributed by atoms with Crippen molar-refractivity contribution in [2.75, 3.05) is 33.6 Å².